The van der Waals surface area contributed by atoms with Crippen molar-refractivity contribution in [2.75, 3.05) is 0 Å². The van der Waals surface area contributed by atoms with E-state index in [1.165, 1.54) is 36.0 Å². The van der Waals surface area contributed by atoms with Crippen LogP contribution in [0, 0.1) is 17.5 Å². The number of halogens is 3. The molecule has 0 N–H and O–H groups in total. The molecule has 4 heteroatoms. The van der Waals surface area contributed by atoms with E-state index < -0.39 is 10.6 Å². The molecule has 0 heterocycles. The second kappa shape index (κ2) is 6.37. The first-order valence-corrected chi connectivity index (χ1v) is 8.31. The van der Waals surface area contributed by atoms with E-state index in [9.17, 15) is 13.2 Å². The Bertz CT molecular complexity index is 646. The lowest BCUT2D eigenvalue weighted by atomic mass is 9.82. The molecule has 1 aliphatic carbocycles. The van der Waals surface area contributed by atoms with E-state index in [1.807, 2.05) is 0 Å². The fraction of sp³-hybridized carbons (Fsp3) is 0.333. The van der Waals surface area contributed by atoms with E-state index in [1.54, 1.807) is 12.1 Å². The molecular weight excluding hydrogens is 305 g/mol. The number of thioether (sulfide) groups is 1. The van der Waals surface area contributed by atoms with E-state index in [0.29, 0.717) is 5.56 Å². The Morgan fingerprint density at radius 1 is 0.773 bits per heavy atom. The van der Waals surface area contributed by atoms with E-state index >= 15 is 0 Å². The van der Waals surface area contributed by atoms with Crippen LogP contribution in [0.5, 0.6) is 0 Å². The molecule has 0 unspecified atom stereocenters. The smallest absolute Gasteiger partial charge is 0.128 e. The van der Waals surface area contributed by atoms with Crippen molar-refractivity contribution in [3.8, 4) is 0 Å². The average molecular weight is 322 g/mol. The van der Waals surface area contributed by atoms with E-state index in [-0.39, 0.29) is 11.6 Å². The summed E-state index contributed by atoms with van der Waals surface area (Å²) in [5, 5.41) is 0. The zero-order chi connectivity index (χ0) is 15.6. The lowest BCUT2D eigenvalue weighted by molar-refractivity contribution is 0.392. The second-order valence-electron chi connectivity index (χ2n) is 5.74. The maximum Gasteiger partial charge on any atom is 0.128 e. The topological polar surface area (TPSA) is 0 Å². The fourth-order valence-electron chi connectivity index (χ4n) is 3.12. The van der Waals surface area contributed by atoms with Crippen molar-refractivity contribution in [2.24, 2.45) is 0 Å². The van der Waals surface area contributed by atoms with Gasteiger partial charge < -0.3 is 0 Å². The molecule has 2 aromatic carbocycles. The van der Waals surface area contributed by atoms with Gasteiger partial charge in [-0.1, -0.05) is 19.3 Å². The van der Waals surface area contributed by atoms with Crippen LogP contribution in [0.25, 0.3) is 0 Å². The predicted octanol–water partition coefficient (Wildman–Crippen LogP) is 6.06. The van der Waals surface area contributed by atoms with Crippen LogP contribution in [-0.2, 0) is 4.75 Å². The molecule has 0 amide bonds. The molecule has 0 aliphatic heterocycles. The highest BCUT2D eigenvalue weighted by Gasteiger charge is 2.37. The van der Waals surface area contributed by atoms with Gasteiger partial charge in [0.25, 0.3) is 0 Å². The molecule has 0 saturated heterocycles. The van der Waals surface area contributed by atoms with Crippen molar-refractivity contribution in [1.82, 2.24) is 0 Å². The zero-order valence-electron chi connectivity index (χ0n) is 12.1. The van der Waals surface area contributed by atoms with Crippen LogP contribution < -0.4 is 0 Å². The van der Waals surface area contributed by atoms with Gasteiger partial charge in [-0.2, -0.15) is 0 Å². The van der Waals surface area contributed by atoms with Crippen LogP contribution >= 0.6 is 11.8 Å². The van der Waals surface area contributed by atoms with Crippen LogP contribution in [0.2, 0.25) is 0 Å². The minimum Gasteiger partial charge on any atom is -0.207 e. The van der Waals surface area contributed by atoms with Gasteiger partial charge in [0.1, 0.15) is 17.5 Å². The molecule has 1 aliphatic rings. The molecule has 22 heavy (non-hydrogen) atoms. The Morgan fingerprint density at radius 2 is 1.41 bits per heavy atom. The molecule has 2 aromatic rings. The molecule has 0 radical (unpaired) electrons. The third-order valence-corrected chi connectivity index (χ3v) is 5.73. The van der Waals surface area contributed by atoms with Crippen molar-refractivity contribution < 1.29 is 13.2 Å². The quantitative estimate of drug-likeness (QED) is 0.662. The summed E-state index contributed by atoms with van der Waals surface area (Å²) in [6.45, 7) is 0. The van der Waals surface area contributed by atoms with Crippen molar-refractivity contribution in [1.29, 1.82) is 0 Å². The van der Waals surface area contributed by atoms with Crippen LogP contribution in [-0.4, -0.2) is 0 Å². The monoisotopic (exact) mass is 322 g/mol. The van der Waals surface area contributed by atoms with Crippen molar-refractivity contribution in [3.05, 3.63) is 65.5 Å². The Labute approximate surface area is 132 Å². The third-order valence-electron chi connectivity index (χ3n) is 4.21. The standard InChI is InChI=1S/C18H17F3S/c19-13-4-7-15(8-5-13)22-18(10-2-1-3-11-18)16-12-14(20)6-9-17(16)21/h4-9,12H,1-3,10-11H2. The highest BCUT2D eigenvalue weighted by atomic mass is 32.2. The summed E-state index contributed by atoms with van der Waals surface area (Å²) in [5.74, 6) is -1.07. The SMILES string of the molecule is Fc1ccc(SC2(c3cc(F)ccc3F)CCCCC2)cc1. The molecule has 0 spiro atoms. The van der Waals surface area contributed by atoms with Gasteiger partial charge in [0.05, 0.1) is 0 Å². The van der Waals surface area contributed by atoms with Gasteiger partial charge in [-0.15, -0.1) is 11.8 Å². The van der Waals surface area contributed by atoms with Gasteiger partial charge in [0.15, 0.2) is 0 Å². The van der Waals surface area contributed by atoms with Crippen LogP contribution in [0.3, 0.4) is 0 Å². The van der Waals surface area contributed by atoms with E-state index in [2.05, 4.69) is 0 Å². The largest absolute Gasteiger partial charge is 0.207 e. The predicted molar refractivity (Wildman–Crippen MR) is 83.4 cm³/mol. The van der Waals surface area contributed by atoms with Crippen molar-refractivity contribution in [2.45, 2.75) is 41.7 Å². The Balaban J connectivity index is 2.00. The fourth-order valence-corrected chi connectivity index (χ4v) is 4.61. The zero-order valence-corrected chi connectivity index (χ0v) is 12.9. The van der Waals surface area contributed by atoms with Gasteiger partial charge in [0.2, 0.25) is 0 Å². The van der Waals surface area contributed by atoms with E-state index in [4.69, 9.17) is 0 Å². The number of hydrogen-bond acceptors (Lipinski definition) is 1. The second-order valence-corrected chi connectivity index (χ2v) is 7.19. The molecule has 0 atom stereocenters. The molecule has 1 saturated carbocycles. The third kappa shape index (κ3) is 3.17. The highest BCUT2D eigenvalue weighted by molar-refractivity contribution is 8.00. The van der Waals surface area contributed by atoms with Crippen LogP contribution in [0.15, 0.2) is 47.4 Å². The van der Waals surface area contributed by atoms with E-state index in [0.717, 1.165) is 43.1 Å². The minimum atomic E-state index is -0.470. The minimum absolute atomic E-state index is 0.293. The lowest BCUT2D eigenvalue weighted by Crippen LogP contribution is -2.26. The number of rotatable bonds is 3. The first-order valence-electron chi connectivity index (χ1n) is 7.49. The lowest BCUT2D eigenvalue weighted by Gasteiger charge is -2.37. The molecule has 1 fully saturated rings. The average Bonchev–Trinajstić information content (AvgIpc) is 2.53. The van der Waals surface area contributed by atoms with Crippen molar-refractivity contribution in [3.63, 3.8) is 0 Å². The van der Waals surface area contributed by atoms with Gasteiger partial charge in [0, 0.05) is 15.2 Å². The summed E-state index contributed by atoms with van der Waals surface area (Å²) in [4.78, 5) is 0.881. The maximum atomic E-state index is 14.3. The summed E-state index contributed by atoms with van der Waals surface area (Å²) >= 11 is 1.52. The number of benzene rings is 2. The first-order chi connectivity index (χ1) is 10.6. The molecule has 0 bridgehead atoms. The Kier molecular flexibility index (Phi) is 4.48. The van der Waals surface area contributed by atoms with Gasteiger partial charge in [-0.3, -0.25) is 0 Å². The summed E-state index contributed by atoms with van der Waals surface area (Å²) < 4.78 is 40.6. The van der Waals surface area contributed by atoms with Crippen LogP contribution in [0.1, 0.15) is 37.7 Å². The van der Waals surface area contributed by atoms with Gasteiger partial charge >= 0.3 is 0 Å². The van der Waals surface area contributed by atoms with Gasteiger partial charge in [-0.05, 0) is 55.3 Å². The Hall–Kier alpha value is -1.42. The summed E-state index contributed by atoms with van der Waals surface area (Å²) in [6.07, 6.45) is 4.70. The summed E-state index contributed by atoms with van der Waals surface area (Å²) in [5.41, 5.74) is 0.432. The normalized spacial score (nSPS) is 17.4. The summed E-state index contributed by atoms with van der Waals surface area (Å²) in [6, 6.07) is 9.88. The molecule has 116 valence electrons. The van der Waals surface area contributed by atoms with Crippen LogP contribution in [0.4, 0.5) is 13.2 Å². The molecular formula is C18H17F3S. The molecule has 0 aromatic heterocycles. The van der Waals surface area contributed by atoms with Crippen molar-refractivity contribution >= 4 is 11.8 Å². The highest BCUT2D eigenvalue weighted by Crippen LogP contribution is 2.51. The molecule has 3 rings (SSSR count). The molecule has 0 nitrogen and oxygen atoms in total. The first kappa shape index (κ1) is 15.5. The number of hydrogen-bond donors (Lipinski definition) is 0. The summed E-state index contributed by atoms with van der Waals surface area (Å²) in [7, 11) is 0. The Morgan fingerprint density at radius 3 is 2.09 bits per heavy atom. The maximum absolute atomic E-state index is 14.3. The van der Waals surface area contributed by atoms with Gasteiger partial charge in [-0.25, -0.2) is 13.2 Å².